The van der Waals surface area contributed by atoms with E-state index in [1.54, 1.807) is 6.20 Å². The lowest BCUT2D eigenvalue weighted by molar-refractivity contribution is 0.258. The molecule has 1 rings (SSSR count). The molecule has 0 saturated heterocycles. The van der Waals surface area contributed by atoms with Gasteiger partial charge in [-0.05, 0) is 36.4 Å². The van der Waals surface area contributed by atoms with Crippen LogP contribution >= 0.6 is 0 Å². The largest absolute Gasteiger partial charge is 0.383 e. The maximum absolute atomic E-state index is 5.86. The fourth-order valence-corrected chi connectivity index (χ4v) is 2.05. The van der Waals surface area contributed by atoms with Crippen LogP contribution in [0.2, 0.25) is 0 Å². The van der Waals surface area contributed by atoms with Crippen molar-refractivity contribution in [2.45, 2.75) is 46.6 Å². The topological polar surface area (TPSA) is 50.9 Å². The molecule has 3 heteroatoms. The first-order valence-electron chi connectivity index (χ1n) is 6.38. The molecule has 1 aromatic rings. The lowest BCUT2D eigenvalue weighted by atomic mass is 9.83. The highest BCUT2D eigenvalue weighted by molar-refractivity contribution is 5.38. The molecular weight excluding hydrogens is 210 g/mol. The van der Waals surface area contributed by atoms with E-state index in [0.29, 0.717) is 11.9 Å². The Balaban J connectivity index is 2.61. The number of aryl methyl sites for hydroxylation is 1. The van der Waals surface area contributed by atoms with Gasteiger partial charge >= 0.3 is 0 Å². The maximum atomic E-state index is 5.86. The van der Waals surface area contributed by atoms with Gasteiger partial charge in [-0.3, -0.25) is 0 Å². The summed E-state index contributed by atoms with van der Waals surface area (Å²) < 4.78 is 0. The summed E-state index contributed by atoms with van der Waals surface area (Å²) >= 11 is 0. The number of nitrogen functional groups attached to an aromatic ring is 1. The Labute approximate surface area is 105 Å². The quantitative estimate of drug-likeness (QED) is 0.825. The predicted molar refractivity (Wildman–Crippen MR) is 73.9 cm³/mol. The molecule has 0 spiro atoms. The van der Waals surface area contributed by atoms with Gasteiger partial charge in [0.2, 0.25) is 0 Å². The average Bonchev–Trinajstić information content (AvgIpc) is 2.24. The second kappa shape index (κ2) is 6.01. The van der Waals surface area contributed by atoms with E-state index in [0.717, 1.165) is 24.9 Å². The highest BCUT2D eigenvalue weighted by Gasteiger charge is 2.23. The van der Waals surface area contributed by atoms with Crippen LogP contribution in [0.1, 0.15) is 39.7 Å². The van der Waals surface area contributed by atoms with Crippen molar-refractivity contribution in [3.8, 4) is 0 Å². The first-order chi connectivity index (χ1) is 7.95. The van der Waals surface area contributed by atoms with Gasteiger partial charge in [0.1, 0.15) is 5.82 Å². The molecule has 17 heavy (non-hydrogen) atoms. The first kappa shape index (κ1) is 14.0. The second-order valence-electron chi connectivity index (χ2n) is 5.56. The molecule has 1 atom stereocenters. The Morgan fingerprint density at radius 1 is 1.41 bits per heavy atom. The van der Waals surface area contributed by atoms with Gasteiger partial charge in [0.25, 0.3) is 0 Å². The molecule has 3 nitrogen and oxygen atoms in total. The van der Waals surface area contributed by atoms with Gasteiger partial charge in [-0.25, -0.2) is 4.98 Å². The number of nitrogens with two attached hydrogens (primary N) is 1. The summed E-state index contributed by atoms with van der Waals surface area (Å²) in [6, 6.07) is 4.52. The molecule has 0 aliphatic carbocycles. The molecule has 0 aliphatic rings. The number of nitrogens with one attached hydrogen (secondary N) is 1. The third-order valence-electron chi connectivity index (χ3n) is 3.12. The molecule has 0 fully saturated rings. The number of aromatic nitrogens is 1. The maximum Gasteiger partial charge on any atom is 0.126 e. The minimum absolute atomic E-state index is 0.271. The summed E-state index contributed by atoms with van der Waals surface area (Å²) in [5, 5.41) is 3.55. The molecule has 0 bridgehead atoms. The van der Waals surface area contributed by atoms with Crippen molar-refractivity contribution in [3.63, 3.8) is 0 Å². The molecule has 1 unspecified atom stereocenters. The Kier molecular flexibility index (Phi) is 4.94. The summed E-state index contributed by atoms with van der Waals surface area (Å²) in [5.41, 5.74) is 7.28. The van der Waals surface area contributed by atoms with E-state index >= 15 is 0 Å². The van der Waals surface area contributed by atoms with Crippen LogP contribution in [0.5, 0.6) is 0 Å². The monoisotopic (exact) mass is 235 g/mol. The normalized spacial score (nSPS) is 13.6. The van der Waals surface area contributed by atoms with E-state index < -0.39 is 0 Å². The molecule has 1 heterocycles. The van der Waals surface area contributed by atoms with E-state index in [-0.39, 0.29) is 5.41 Å². The SMILES string of the molecule is CCNC(CCc1cccnc1N)C(C)(C)C. The van der Waals surface area contributed by atoms with Crippen molar-refractivity contribution in [2.24, 2.45) is 5.41 Å². The molecule has 0 saturated carbocycles. The van der Waals surface area contributed by atoms with Crippen molar-refractivity contribution in [2.75, 3.05) is 12.3 Å². The lowest BCUT2D eigenvalue weighted by Crippen LogP contribution is -2.40. The fourth-order valence-electron chi connectivity index (χ4n) is 2.05. The molecular formula is C14H25N3. The molecule has 0 radical (unpaired) electrons. The standard InChI is InChI=1S/C14H25N3/c1-5-16-12(14(2,3)4)9-8-11-7-6-10-17-13(11)15/h6-7,10,12,16H,5,8-9H2,1-4H3,(H2,15,17). The Hall–Kier alpha value is -1.09. The van der Waals surface area contributed by atoms with Crippen LogP contribution < -0.4 is 11.1 Å². The summed E-state index contributed by atoms with van der Waals surface area (Å²) in [5.74, 6) is 0.664. The van der Waals surface area contributed by atoms with Gasteiger partial charge in [-0.2, -0.15) is 0 Å². The van der Waals surface area contributed by atoms with Crippen molar-refractivity contribution >= 4 is 5.82 Å². The Bertz CT molecular complexity index is 342. The number of rotatable bonds is 5. The fraction of sp³-hybridized carbons (Fsp3) is 0.643. The summed E-state index contributed by atoms with van der Waals surface area (Å²) in [7, 11) is 0. The van der Waals surface area contributed by atoms with Crippen molar-refractivity contribution in [1.29, 1.82) is 0 Å². The third-order valence-corrected chi connectivity index (χ3v) is 3.12. The minimum Gasteiger partial charge on any atom is -0.383 e. The zero-order valence-corrected chi connectivity index (χ0v) is 11.5. The van der Waals surface area contributed by atoms with E-state index in [4.69, 9.17) is 5.73 Å². The van der Waals surface area contributed by atoms with Crippen LogP contribution in [-0.4, -0.2) is 17.6 Å². The number of hydrogen-bond acceptors (Lipinski definition) is 3. The average molecular weight is 235 g/mol. The van der Waals surface area contributed by atoms with E-state index in [1.807, 2.05) is 6.07 Å². The van der Waals surface area contributed by atoms with Crippen LogP contribution in [0, 0.1) is 5.41 Å². The minimum atomic E-state index is 0.271. The molecule has 0 aliphatic heterocycles. The summed E-state index contributed by atoms with van der Waals surface area (Å²) in [6.45, 7) is 9.97. The van der Waals surface area contributed by atoms with Crippen molar-refractivity contribution < 1.29 is 0 Å². The van der Waals surface area contributed by atoms with Crippen LogP contribution in [0.4, 0.5) is 5.82 Å². The molecule has 0 aromatic carbocycles. The number of anilines is 1. The first-order valence-corrected chi connectivity index (χ1v) is 6.38. The highest BCUT2D eigenvalue weighted by atomic mass is 14.9. The lowest BCUT2D eigenvalue weighted by Gasteiger charge is -2.31. The van der Waals surface area contributed by atoms with E-state index in [9.17, 15) is 0 Å². The number of nitrogens with zero attached hydrogens (tertiary/aromatic N) is 1. The second-order valence-corrected chi connectivity index (χ2v) is 5.56. The van der Waals surface area contributed by atoms with Gasteiger partial charge in [-0.1, -0.05) is 33.8 Å². The molecule has 96 valence electrons. The third kappa shape index (κ3) is 4.35. The van der Waals surface area contributed by atoms with Gasteiger partial charge in [-0.15, -0.1) is 0 Å². The van der Waals surface area contributed by atoms with Crippen molar-refractivity contribution in [3.05, 3.63) is 23.9 Å². The van der Waals surface area contributed by atoms with E-state index in [1.165, 1.54) is 0 Å². The molecule has 3 N–H and O–H groups in total. The summed E-state index contributed by atoms with van der Waals surface area (Å²) in [4.78, 5) is 4.12. The van der Waals surface area contributed by atoms with Gasteiger partial charge < -0.3 is 11.1 Å². The Morgan fingerprint density at radius 3 is 2.65 bits per heavy atom. The zero-order chi connectivity index (χ0) is 12.9. The van der Waals surface area contributed by atoms with Gasteiger partial charge in [0.05, 0.1) is 0 Å². The molecule has 1 aromatic heterocycles. The Morgan fingerprint density at radius 2 is 2.12 bits per heavy atom. The summed E-state index contributed by atoms with van der Waals surface area (Å²) in [6.07, 6.45) is 3.81. The smallest absolute Gasteiger partial charge is 0.126 e. The van der Waals surface area contributed by atoms with Crippen LogP contribution in [0.25, 0.3) is 0 Å². The van der Waals surface area contributed by atoms with Crippen LogP contribution in [-0.2, 0) is 6.42 Å². The highest BCUT2D eigenvalue weighted by Crippen LogP contribution is 2.23. The van der Waals surface area contributed by atoms with Crippen molar-refractivity contribution in [1.82, 2.24) is 10.3 Å². The van der Waals surface area contributed by atoms with Crippen LogP contribution in [0.15, 0.2) is 18.3 Å². The predicted octanol–water partition coefficient (Wildman–Crippen LogP) is 2.62. The zero-order valence-electron chi connectivity index (χ0n) is 11.5. The van der Waals surface area contributed by atoms with Gasteiger partial charge in [0.15, 0.2) is 0 Å². The number of pyridine rings is 1. The number of hydrogen-bond donors (Lipinski definition) is 2. The van der Waals surface area contributed by atoms with Gasteiger partial charge in [0, 0.05) is 12.2 Å². The molecule has 0 amide bonds. The van der Waals surface area contributed by atoms with Crippen LogP contribution in [0.3, 0.4) is 0 Å². The van der Waals surface area contributed by atoms with E-state index in [2.05, 4.69) is 44.1 Å².